The van der Waals surface area contributed by atoms with E-state index in [-0.39, 0.29) is 18.4 Å². The summed E-state index contributed by atoms with van der Waals surface area (Å²) in [5.74, 6) is 0.818. The van der Waals surface area contributed by atoms with Crippen LogP contribution in [0.5, 0.6) is 5.75 Å². The molecule has 2 aliphatic heterocycles. The predicted molar refractivity (Wildman–Crippen MR) is 201 cm³/mol. The first-order valence-electron chi connectivity index (χ1n) is 18.1. The first-order valence-corrected chi connectivity index (χ1v) is 18.4. The van der Waals surface area contributed by atoms with Gasteiger partial charge in [-0.2, -0.15) is 0 Å². The predicted octanol–water partition coefficient (Wildman–Crippen LogP) is 6.69. The van der Waals surface area contributed by atoms with Crippen LogP contribution in [0.3, 0.4) is 0 Å². The highest BCUT2D eigenvalue weighted by Crippen LogP contribution is 2.29. The maximum Gasteiger partial charge on any atom is 0.408 e. The second-order valence-electron chi connectivity index (χ2n) is 13.3. The fourth-order valence-corrected chi connectivity index (χ4v) is 7.32. The number of hydrogen-bond acceptors (Lipinski definition) is 7. The molecule has 2 aliphatic rings. The minimum atomic E-state index is -0.650. The first kappa shape index (κ1) is 36.4. The van der Waals surface area contributed by atoms with Gasteiger partial charge in [0, 0.05) is 62.2 Å². The minimum Gasteiger partial charge on any atom is -0.493 e. The Morgan fingerprint density at radius 1 is 0.882 bits per heavy atom. The third-order valence-electron chi connectivity index (χ3n) is 9.94. The average molecular weight is 710 g/mol. The van der Waals surface area contributed by atoms with Crippen LogP contribution in [0.1, 0.15) is 36.5 Å². The molecule has 2 amide bonds. The van der Waals surface area contributed by atoms with Crippen LogP contribution in [-0.4, -0.2) is 90.1 Å². The average Bonchev–Trinajstić information content (AvgIpc) is 3.17. The number of piperazine rings is 1. The van der Waals surface area contributed by atoms with Crippen LogP contribution < -0.4 is 10.1 Å². The van der Waals surface area contributed by atoms with Crippen LogP contribution in [-0.2, 0) is 29.1 Å². The molecule has 2 saturated heterocycles. The van der Waals surface area contributed by atoms with Crippen molar-refractivity contribution < 1.29 is 19.1 Å². The van der Waals surface area contributed by atoms with Crippen molar-refractivity contribution in [2.75, 3.05) is 52.4 Å². The molecule has 1 N–H and O–H groups in total. The molecule has 0 spiro atoms. The molecule has 3 heterocycles. The van der Waals surface area contributed by atoms with E-state index < -0.39 is 12.1 Å². The first-order chi connectivity index (χ1) is 25.0. The van der Waals surface area contributed by atoms with Gasteiger partial charge >= 0.3 is 6.09 Å². The molecule has 4 aromatic rings. The van der Waals surface area contributed by atoms with Gasteiger partial charge in [0.15, 0.2) is 0 Å². The molecular formula is C41H48ClN5O4. The smallest absolute Gasteiger partial charge is 0.408 e. The van der Waals surface area contributed by atoms with Crippen LogP contribution in [0.15, 0.2) is 97.3 Å². The Morgan fingerprint density at radius 3 is 2.33 bits per heavy atom. The number of rotatable bonds is 13. The lowest BCUT2D eigenvalue weighted by molar-refractivity contribution is -0.137. The summed E-state index contributed by atoms with van der Waals surface area (Å²) in [7, 11) is 0. The summed E-state index contributed by atoms with van der Waals surface area (Å²) in [5, 5.41) is 3.75. The Hall–Kier alpha value is -4.44. The van der Waals surface area contributed by atoms with E-state index in [4.69, 9.17) is 21.1 Å². The number of hydrogen-bond donors (Lipinski definition) is 1. The van der Waals surface area contributed by atoms with E-state index in [0.29, 0.717) is 26.2 Å². The Kier molecular flexibility index (Phi) is 13.0. The molecule has 0 unspecified atom stereocenters. The lowest BCUT2D eigenvalue weighted by atomic mass is 9.88. The highest BCUT2D eigenvalue weighted by atomic mass is 35.5. The van der Waals surface area contributed by atoms with Gasteiger partial charge in [-0.1, -0.05) is 78.3 Å². The molecule has 1 aromatic heterocycles. The maximum atomic E-state index is 14.2. The molecule has 2 fully saturated rings. The summed E-state index contributed by atoms with van der Waals surface area (Å²) in [6.45, 7) is 8.63. The highest BCUT2D eigenvalue weighted by Gasteiger charge is 2.36. The summed E-state index contributed by atoms with van der Waals surface area (Å²) in [5.41, 5.74) is 5.55. The van der Waals surface area contributed by atoms with E-state index in [2.05, 4.69) is 56.5 Å². The van der Waals surface area contributed by atoms with Crippen LogP contribution >= 0.6 is 11.6 Å². The number of carbonyl (C=O) groups is 2. The van der Waals surface area contributed by atoms with Crippen molar-refractivity contribution in [1.29, 1.82) is 0 Å². The molecule has 1 atom stereocenters. The normalized spacial score (nSPS) is 16.4. The summed E-state index contributed by atoms with van der Waals surface area (Å²) < 4.78 is 11.4. The maximum absolute atomic E-state index is 14.2. The number of alkyl carbamates (subject to hydrolysis) is 1. The number of carbonyl (C=O) groups excluding carboxylic acids is 2. The van der Waals surface area contributed by atoms with Gasteiger partial charge in [0.05, 0.1) is 6.61 Å². The van der Waals surface area contributed by atoms with Crippen LogP contribution in [0.25, 0.3) is 11.1 Å². The number of nitrogens with one attached hydrogen (secondary N) is 1. The number of halogens is 1. The second kappa shape index (κ2) is 18.2. The third-order valence-corrected chi connectivity index (χ3v) is 10.2. The van der Waals surface area contributed by atoms with Gasteiger partial charge < -0.3 is 24.6 Å². The molecule has 51 heavy (non-hydrogen) atoms. The third kappa shape index (κ3) is 10.1. The second-order valence-corrected chi connectivity index (χ2v) is 13.7. The number of pyridine rings is 1. The van der Waals surface area contributed by atoms with Crippen LogP contribution in [0.4, 0.5) is 4.79 Å². The van der Waals surface area contributed by atoms with Crippen molar-refractivity contribution in [2.45, 2.75) is 45.4 Å². The number of likely N-dealkylation sites (tertiary alicyclic amines) is 1. The number of benzene rings is 3. The molecule has 9 nitrogen and oxygen atoms in total. The summed E-state index contributed by atoms with van der Waals surface area (Å²) >= 11 is 6.43. The Balaban J connectivity index is 1.07. The van der Waals surface area contributed by atoms with Gasteiger partial charge in [-0.05, 0) is 85.6 Å². The van der Waals surface area contributed by atoms with Gasteiger partial charge in [0.1, 0.15) is 18.4 Å². The Labute approximate surface area is 306 Å². The molecule has 0 aliphatic carbocycles. The highest BCUT2D eigenvalue weighted by molar-refractivity contribution is 6.30. The van der Waals surface area contributed by atoms with Gasteiger partial charge in [0.2, 0.25) is 5.91 Å². The number of ether oxygens (including phenoxy) is 2. The number of nitrogens with zero attached hydrogens (tertiary/aromatic N) is 4. The lowest BCUT2D eigenvalue weighted by Crippen LogP contribution is -2.58. The molecule has 0 radical (unpaired) electrons. The number of aromatic nitrogens is 1. The van der Waals surface area contributed by atoms with Crippen molar-refractivity contribution in [3.8, 4) is 16.9 Å². The molecular weight excluding hydrogens is 662 g/mol. The zero-order valence-corrected chi connectivity index (χ0v) is 30.1. The fraction of sp³-hybridized carbons (Fsp3) is 0.390. The van der Waals surface area contributed by atoms with Crippen molar-refractivity contribution in [3.63, 3.8) is 0 Å². The molecule has 0 bridgehead atoms. The SMILES string of the molecule is CCOc1ccncc1CN1CCN(C(=O)[C@H](NC(=O)OCc2ccccc2)C2CCN(CCc3cc(Cl)ccc3-c3ccccc3)CC2)CC1. The Bertz CT molecular complexity index is 1710. The monoisotopic (exact) mass is 709 g/mol. The molecule has 3 aromatic carbocycles. The summed E-state index contributed by atoms with van der Waals surface area (Å²) in [6, 6.07) is 27.4. The number of piperidine rings is 1. The van der Waals surface area contributed by atoms with Crippen molar-refractivity contribution >= 4 is 23.6 Å². The van der Waals surface area contributed by atoms with Crippen molar-refractivity contribution in [1.82, 2.24) is 25.0 Å². The van der Waals surface area contributed by atoms with Gasteiger partial charge in [0.25, 0.3) is 0 Å². The molecule has 0 saturated carbocycles. The zero-order valence-electron chi connectivity index (χ0n) is 29.4. The van der Waals surface area contributed by atoms with E-state index >= 15 is 0 Å². The topological polar surface area (TPSA) is 87.2 Å². The van der Waals surface area contributed by atoms with Crippen molar-refractivity contribution in [2.24, 2.45) is 5.92 Å². The summed E-state index contributed by atoms with van der Waals surface area (Å²) in [4.78, 5) is 38.3. The quantitative estimate of drug-likeness (QED) is 0.166. The summed E-state index contributed by atoms with van der Waals surface area (Å²) in [6.07, 6.45) is 5.52. The zero-order chi connectivity index (χ0) is 35.4. The molecule has 6 rings (SSSR count). The van der Waals surface area contributed by atoms with Gasteiger partial charge in [-0.25, -0.2) is 4.79 Å². The lowest BCUT2D eigenvalue weighted by Gasteiger charge is -2.40. The van der Waals surface area contributed by atoms with E-state index in [9.17, 15) is 9.59 Å². The van der Waals surface area contributed by atoms with Crippen LogP contribution in [0.2, 0.25) is 5.02 Å². The largest absolute Gasteiger partial charge is 0.493 e. The van der Waals surface area contributed by atoms with Crippen molar-refractivity contribution in [3.05, 3.63) is 119 Å². The van der Waals surface area contributed by atoms with E-state index in [0.717, 1.165) is 73.9 Å². The standard InChI is InChI=1S/C41H48ClN5O4/c1-2-50-38-15-19-43-28-35(38)29-46-23-25-47(26-24-46)40(48)39(44-41(49)51-30-31-9-5-3-6-10-31)33-16-20-45(21-17-33)22-18-34-27-36(42)13-14-37(34)32-11-7-4-8-12-32/h3-15,19,27-28,33,39H,2,16-18,20-26,29-30H2,1H3,(H,44,49)/t39-/m1/s1. The van der Waals surface area contributed by atoms with E-state index in [1.807, 2.05) is 66.6 Å². The van der Waals surface area contributed by atoms with E-state index in [1.54, 1.807) is 6.20 Å². The van der Waals surface area contributed by atoms with E-state index in [1.165, 1.54) is 16.7 Å². The minimum absolute atomic E-state index is 0.00579. The van der Waals surface area contributed by atoms with Gasteiger partial charge in [-0.3, -0.25) is 14.7 Å². The van der Waals surface area contributed by atoms with Gasteiger partial charge in [-0.15, -0.1) is 0 Å². The number of amides is 2. The Morgan fingerprint density at radius 2 is 1.61 bits per heavy atom. The fourth-order valence-electron chi connectivity index (χ4n) is 7.12. The van der Waals surface area contributed by atoms with Crippen LogP contribution in [0, 0.1) is 5.92 Å². The molecule has 10 heteroatoms. The molecule has 268 valence electrons.